The van der Waals surface area contributed by atoms with Crippen LogP contribution in [0.2, 0.25) is 0 Å². The minimum Gasteiger partial charge on any atom is -0.337 e. The van der Waals surface area contributed by atoms with E-state index in [0.29, 0.717) is 0 Å². The van der Waals surface area contributed by atoms with Crippen LogP contribution in [0.5, 0.6) is 0 Å². The summed E-state index contributed by atoms with van der Waals surface area (Å²) in [7, 11) is 0. The predicted octanol–water partition coefficient (Wildman–Crippen LogP) is 3.51. The van der Waals surface area contributed by atoms with Crippen molar-refractivity contribution in [3.8, 4) is 0 Å². The zero-order chi connectivity index (χ0) is 9.54. The van der Waals surface area contributed by atoms with Crippen molar-refractivity contribution in [1.29, 1.82) is 0 Å². The molecule has 2 nitrogen and oxygen atoms in total. The van der Waals surface area contributed by atoms with E-state index in [9.17, 15) is 0 Å². The third kappa shape index (κ3) is 1.01. The maximum atomic E-state index is 5.25. The summed E-state index contributed by atoms with van der Waals surface area (Å²) in [6.45, 7) is 0. The Morgan fingerprint density at radius 1 is 1.29 bits per heavy atom. The summed E-state index contributed by atoms with van der Waals surface area (Å²) in [6, 6.07) is 8.23. The van der Waals surface area contributed by atoms with E-state index in [0.717, 1.165) is 14.9 Å². The fourth-order valence-electron chi connectivity index (χ4n) is 1.56. The van der Waals surface area contributed by atoms with Crippen molar-refractivity contribution in [1.82, 2.24) is 9.97 Å². The van der Waals surface area contributed by atoms with Gasteiger partial charge in [-0.15, -0.1) is 11.3 Å². The molecule has 0 saturated heterocycles. The summed E-state index contributed by atoms with van der Waals surface area (Å²) in [5, 5.41) is 2.27. The third-order valence-corrected chi connectivity index (χ3v) is 3.58. The number of rotatable bonds is 0. The Balaban J connectivity index is 2.73. The van der Waals surface area contributed by atoms with Crippen LogP contribution in [0, 0.1) is 4.64 Å². The highest BCUT2D eigenvalue weighted by Gasteiger charge is 2.05. The quantitative estimate of drug-likeness (QED) is 0.585. The summed E-state index contributed by atoms with van der Waals surface area (Å²) in [6.07, 6.45) is 1.65. The molecule has 0 aliphatic heterocycles. The Kier molecular flexibility index (Phi) is 1.65. The van der Waals surface area contributed by atoms with Crippen LogP contribution < -0.4 is 0 Å². The topological polar surface area (TPSA) is 28.7 Å². The van der Waals surface area contributed by atoms with Gasteiger partial charge in [-0.05, 0) is 6.07 Å². The van der Waals surface area contributed by atoms with Gasteiger partial charge in [0.25, 0.3) is 0 Å². The molecular formula is C10H6N2S2. The van der Waals surface area contributed by atoms with Crippen LogP contribution in [0.3, 0.4) is 0 Å². The second-order valence-electron chi connectivity index (χ2n) is 3.01. The molecular weight excluding hydrogens is 212 g/mol. The molecule has 4 heteroatoms. The van der Waals surface area contributed by atoms with Crippen LogP contribution in [0.25, 0.3) is 20.3 Å². The number of H-pyrrole nitrogens is 1. The van der Waals surface area contributed by atoms with Gasteiger partial charge in [0.15, 0.2) is 0 Å². The Labute approximate surface area is 89.2 Å². The number of nitrogens with one attached hydrogen (secondary N) is 1. The van der Waals surface area contributed by atoms with Gasteiger partial charge >= 0.3 is 0 Å². The van der Waals surface area contributed by atoms with Gasteiger partial charge in [0.1, 0.15) is 9.47 Å². The van der Waals surface area contributed by atoms with E-state index < -0.39 is 0 Å². The lowest BCUT2D eigenvalue weighted by molar-refractivity contribution is 1.22. The second-order valence-corrected chi connectivity index (χ2v) is 4.45. The normalized spacial score (nSPS) is 11.1. The van der Waals surface area contributed by atoms with Crippen molar-refractivity contribution in [2.24, 2.45) is 0 Å². The smallest absolute Gasteiger partial charge is 0.129 e. The van der Waals surface area contributed by atoms with Crippen LogP contribution >= 0.6 is 23.6 Å². The number of hydrogen-bond donors (Lipinski definition) is 1. The van der Waals surface area contributed by atoms with Gasteiger partial charge < -0.3 is 4.98 Å². The van der Waals surface area contributed by atoms with Crippen LogP contribution in [0.15, 0.2) is 30.6 Å². The van der Waals surface area contributed by atoms with Gasteiger partial charge in [-0.2, -0.15) is 0 Å². The summed E-state index contributed by atoms with van der Waals surface area (Å²) in [5.41, 5.74) is 0. The highest BCUT2D eigenvalue weighted by molar-refractivity contribution is 7.71. The maximum absolute atomic E-state index is 5.25. The number of nitrogens with zero attached hydrogens (tertiary/aromatic N) is 1. The molecule has 0 aliphatic rings. The molecule has 1 aromatic carbocycles. The minimum atomic E-state index is 0.771. The lowest BCUT2D eigenvalue weighted by atomic mass is 10.2. The summed E-state index contributed by atoms with van der Waals surface area (Å²) in [4.78, 5) is 8.25. The molecule has 14 heavy (non-hydrogen) atoms. The van der Waals surface area contributed by atoms with Crippen molar-refractivity contribution in [3.05, 3.63) is 35.2 Å². The standard InChI is InChI=1S/C10H6N2S2/c13-9-8-6-3-1-2-4-7(6)14-10(8)12-5-11-9/h1-5H,(H,11,12,13). The first-order valence-electron chi connectivity index (χ1n) is 4.21. The Morgan fingerprint density at radius 2 is 2.14 bits per heavy atom. The number of aromatic nitrogens is 2. The number of fused-ring (bicyclic) bond motifs is 3. The molecule has 0 amide bonds. The van der Waals surface area contributed by atoms with Crippen molar-refractivity contribution in [2.75, 3.05) is 0 Å². The second kappa shape index (κ2) is 2.87. The van der Waals surface area contributed by atoms with Gasteiger partial charge in [0.05, 0.1) is 11.7 Å². The molecule has 0 unspecified atom stereocenters. The molecule has 1 N–H and O–H groups in total. The number of aromatic amines is 1. The zero-order valence-corrected chi connectivity index (χ0v) is 8.78. The molecule has 3 aromatic rings. The van der Waals surface area contributed by atoms with Gasteiger partial charge in [-0.3, -0.25) is 0 Å². The Hall–Kier alpha value is -1.26. The van der Waals surface area contributed by atoms with E-state index in [1.165, 1.54) is 10.1 Å². The zero-order valence-electron chi connectivity index (χ0n) is 7.15. The van der Waals surface area contributed by atoms with Crippen LogP contribution in [-0.2, 0) is 0 Å². The lowest BCUT2D eigenvalue weighted by Gasteiger charge is -1.89. The van der Waals surface area contributed by atoms with Gasteiger partial charge in [0.2, 0.25) is 0 Å². The Morgan fingerprint density at radius 3 is 3.07 bits per heavy atom. The molecule has 0 spiro atoms. The molecule has 0 saturated carbocycles. The van der Waals surface area contributed by atoms with E-state index in [1.807, 2.05) is 12.1 Å². The molecule has 0 bridgehead atoms. The fraction of sp³-hybridized carbons (Fsp3) is 0. The van der Waals surface area contributed by atoms with Crippen molar-refractivity contribution < 1.29 is 0 Å². The molecule has 0 aliphatic carbocycles. The Bertz CT molecular complexity index is 666. The summed E-state index contributed by atoms with van der Waals surface area (Å²) >= 11 is 6.92. The van der Waals surface area contributed by atoms with Crippen molar-refractivity contribution in [2.45, 2.75) is 0 Å². The first-order chi connectivity index (χ1) is 6.86. The number of hydrogen-bond acceptors (Lipinski definition) is 3. The monoisotopic (exact) mass is 218 g/mol. The van der Waals surface area contributed by atoms with E-state index in [2.05, 4.69) is 22.1 Å². The maximum Gasteiger partial charge on any atom is 0.129 e. The van der Waals surface area contributed by atoms with E-state index in [-0.39, 0.29) is 0 Å². The van der Waals surface area contributed by atoms with Crippen molar-refractivity contribution >= 4 is 43.9 Å². The fourth-order valence-corrected chi connectivity index (χ4v) is 2.94. The summed E-state index contributed by atoms with van der Waals surface area (Å²) in [5.74, 6) is 0. The largest absolute Gasteiger partial charge is 0.337 e. The van der Waals surface area contributed by atoms with Gasteiger partial charge in [-0.1, -0.05) is 30.4 Å². The third-order valence-electron chi connectivity index (χ3n) is 2.18. The van der Waals surface area contributed by atoms with Gasteiger partial charge in [-0.25, -0.2) is 4.98 Å². The molecule has 2 heterocycles. The van der Waals surface area contributed by atoms with E-state index in [1.54, 1.807) is 17.7 Å². The predicted molar refractivity (Wildman–Crippen MR) is 62.3 cm³/mol. The minimum absolute atomic E-state index is 0.771. The van der Waals surface area contributed by atoms with Crippen LogP contribution in [-0.4, -0.2) is 9.97 Å². The number of thiophene rings is 1. The lowest BCUT2D eigenvalue weighted by Crippen LogP contribution is -1.77. The van der Waals surface area contributed by atoms with E-state index in [4.69, 9.17) is 12.2 Å². The SMILES string of the molecule is S=c1[nH]cnc2sc3ccccc3c12. The van der Waals surface area contributed by atoms with Gasteiger partial charge in [0, 0.05) is 10.1 Å². The molecule has 68 valence electrons. The highest BCUT2D eigenvalue weighted by Crippen LogP contribution is 2.31. The average Bonchev–Trinajstić information content (AvgIpc) is 2.57. The van der Waals surface area contributed by atoms with E-state index >= 15 is 0 Å². The molecule has 2 aromatic heterocycles. The first-order valence-corrected chi connectivity index (χ1v) is 5.43. The molecule has 0 fully saturated rings. The number of benzene rings is 1. The highest BCUT2D eigenvalue weighted by atomic mass is 32.1. The molecule has 0 radical (unpaired) electrons. The van der Waals surface area contributed by atoms with Crippen LogP contribution in [0.1, 0.15) is 0 Å². The first kappa shape index (κ1) is 8.08. The van der Waals surface area contributed by atoms with Crippen LogP contribution in [0.4, 0.5) is 0 Å². The average molecular weight is 218 g/mol. The summed E-state index contributed by atoms with van der Waals surface area (Å²) < 4.78 is 2.01. The molecule has 0 atom stereocenters. The van der Waals surface area contributed by atoms with Crippen molar-refractivity contribution in [3.63, 3.8) is 0 Å². The molecule has 3 rings (SSSR count).